The molecule has 2 heterocycles. The lowest BCUT2D eigenvalue weighted by Crippen LogP contribution is -2.20. The van der Waals surface area contributed by atoms with Crippen LogP contribution in [0.4, 0.5) is 0 Å². The molecule has 1 aromatic heterocycles. The Labute approximate surface area is 94.2 Å². The second-order valence-corrected chi connectivity index (χ2v) is 4.75. The van der Waals surface area contributed by atoms with Gasteiger partial charge in [-0.25, -0.2) is 0 Å². The van der Waals surface area contributed by atoms with E-state index in [1.807, 2.05) is 6.08 Å². The second-order valence-electron chi connectivity index (χ2n) is 3.97. The minimum Gasteiger partial charge on any atom is -0.303 e. The van der Waals surface area contributed by atoms with Crippen LogP contribution in [0.25, 0.3) is 0 Å². The van der Waals surface area contributed by atoms with Crippen molar-refractivity contribution in [2.45, 2.75) is 5.92 Å². The van der Waals surface area contributed by atoms with Gasteiger partial charge in [-0.15, -0.1) is 6.58 Å². The number of thiophene rings is 1. The smallest absolute Gasteiger partial charge is 0.125 e. The molecule has 0 aromatic carbocycles. The molecule has 1 aromatic rings. The highest BCUT2D eigenvalue weighted by Crippen LogP contribution is 2.32. The van der Waals surface area contributed by atoms with Gasteiger partial charge in [-0.2, -0.15) is 11.3 Å². The van der Waals surface area contributed by atoms with Gasteiger partial charge < -0.3 is 4.79 Å². The van der Waals surface area contributed by atoms with E-state index in [2.05, 4.69) is 28.3 Å². The number of hydrogen-bond acceptors (Lipinski definition) is 3. The van der Waals surface area contributed by atoms with Gasteiger partial charge in [0, 0.05) is 31.5 Å². The Kier molecular flexibility index (Phi) is 3.34. The first-order chi connectivity index (χ1) is 7.35. The molecule has 2 nitrogen and oxygen atoms in total. The minimum absolute atomic E-state index is 0.152. The van der Waals surface area contributed by atoms with E-state index in [1.165, 1.54) is 5.56 Å². The van der Waals surface area contributed by atoms with Crippen LogP contribution in [0.15, 0.2) is 29.5 Å². The maximum atomic E-state index is 11.0. The Hall–Kier alpha value is -0.930. The highest BCUT2D eigenvalue weighted by molar-refractivity contribution is 7.08. The van der Waals surface area contributed by atoms with Gasteiger partial charge in [0.15, 0.2) is 0 Å². The van der Waals surface area contributed by atoms with Crippen LogP contribution in [0.1, 0.15) is 11.5 Å². The topological polar surface area (TPSA) is 20.3 Å². The molecule has 1 saturated heterocycles. The van der Waals surface area contributed by atoms with Gasteiger partial charge in [0.2, 0.25) is 0 Å². The summed E-state index contributed by atoms with van der Waals surface area (Å²) < 4.78 is 0. The van der Waals surface area contributed by atoms with E-state index in [1.54, 1.807) is 11.3 Å². The molecule has 0 amide bonds. The third kappa shape index (κ3) is 2.19. The molecule has 2 unspecified atom stereocenters. The van der Waals surface area contributed by atoms with E-state index < -0.39 is 0 Å². The average Bonchev–Trinajstić information content (AvgIpc) is 2.84. The molecule has 2 rings (SSSR count). The molecular formula is C12H15NOS. The molecule has 0 radical (unpaired) electrons. The van der Waals surface area contributed by atoms with Gasteiger partial charge in [-0.05, 0) is 22.4 Å². The van der Waals surface area contributed by atoms with Crippen LogP contribution in [0.5, 0.6) is 0 Å². The summed E-state index contributed by atoms with van der Waals surface area (Å²) in [6.07, 6.45) is 3.00. The third-order valence-corrected chi connectivity index (χ3v) is 3.68. The number of likely N-dealkylation sites (tertiary alicyclic amines) is 1. The summed E-state index contributed by atoms with van der Waals surface area (Å²) in [5.74, 6) is 0.535. The van der Waals surface area contributed by atoms with Gasteiger partial charge in [0.25, 0.3) is 0 Å². The zero-order chi connectivity index (χ0) is 10.7. The van der Waals surface area contributed by atoms with Crippen molar-refractivity contribution in [2.24, 2.45) is 5.92 Å². The van der Waals surface area contributed by atoms with Gasteiger partial charge in [-0.1, -0.05) is 6.08 Å². The number of hydrogen-bond donors (Lipinski definition) is 0. The van der Waals surface area contributed by atoms with Crippen molar-refractivity contribution < 1.29 is 4.79 Å². The van der Waals surface area contributed by atoms with Crippen LogP contribution in [0.3, 0.4) is 0 Å². The molecule has 3 heteroatoms. The first-order valence-electron chi connectivity index (χ1n) is 5.15. The SMILES string of the molecule is C=CCN1CC(C=O)C(c2ccsc2)C1. The van der Waals surface area contributed by atoms with E-state index in [0.717, 1.165) is 25.9 Å². The summed E-state index contributed by atoms with van der Waals surface area (Å²) in [6, 6.07) is 2.13. The number of carbonyl (C=O) groups is 1. The fourth-order valence-electron chi connectivity index (χ4n) is 2.22. The summed E-state index contributed by atoms with van der Waals surface area (Å²) in [5.41, 5.74) is 1.31. The fourth-order valence-corrected chi connectivity index (χ4v) is 2.95. The average molecular weight is 221 g/mol. The summed E-state index contributed by atoms with van der Waals surface area (Å²) in [4.78, 5) is 13.3. The Bertz CT molecular complexity index is 333. The Morgan fingerprint density at radius 2 is 2.47 bits per heavy atom. The van der Waals surface area contributed by atoms with Crippen molar-refractivity contribution in [2.75, 3.05) is 19.6 Å². The fraction of sp³-hybridized carbons (Fsp3) is 0.417. The molecule has 1 fully saturated rings. The number of rotatable bonds is 4. The van der Waals surface area contributed by atoms with E-state index >= 15 is 0 Å². The van der Waals surface area contributed by atoms with Gasteiger partial charge in [-0.3, -0.25) is 4.90 Å². The number of aldehydes is 1. The van der Waals surface area contributed by atoms with Crippen molar-refractivity contribution in [1.82, 2.24) is 4.90 Å². The predicted octanol–water partition coefficient (Wildman–Crippen LogP) is 2.15. The maximum Gasteiger partial charge on any atom is 0.125 e. The normalized spacial score (nSPS) is 26.7. The molecule has 1 aliphatic rings. The quantitative estimate of drug-likeness (QED) is 0.573. The monoisotopic (exact) mass is 221 g/mol. The molecule has 15 heavy (non-hydrogen) atoms. The highest BCUT2D eigenvalue weighted by Gasteiger charge is 2.32. The molecule has 1 aliphatic heterocycles. The Balaban J connectivity index is 2.11. The van der Waals surface area contributed by atoms with Crippen molar-refractivity contribution in [3.05, 3.63) is 35.0 Å². The van der Waals surface area contributed by atoms with Gasteiger partial charge in [0.05, 0.1) is 0 Å². The van der Waals surface area contributed by atoms with Crippen LogP contribution in [0, 0.1) is 5.92 Å². The summed E-state index contributed by atoms with van der Waals surface area (Å²) in [6.45, 7) is 6.46. The van der Waals surface area contributed by atoms with Crippen LogP contribution >= 0.6 is 11.3 Å². The van der Waals surface area contributed by atoms with Crippen molar-refractivity contribution in [3.63, 3.8) is 0 Å². The van der Waals surface area contributed by atoms with Gasteiger partial charge >= 0.3 is 0 Å². The third-order valence-electron chi connectivity index (χ3n) is 2.97. The molecular weight excluding hydrogens is 206 g/mol. The highest BCUT2D eigenvalue weighted by atomic mass is 32.1. The van der Waals surface area contributed by atoms with Gasteiger partial charge in [0.1, 0.15) is 6.29 Å². The molecule has 0 N–H and O–H groups in total. The lowest BCUT2D eigenvalue weighted by atomic mass is 9.92. The lowest BCUT2D eigenvalue weighted by molar-refractivity contribution is -0.111. The first kappa shape index (κ1) is 10.6. The van der Waals surface area contributed by atoms with E-state index in [0.29, 0.717) is 5.92 Å². The van der Waals surface area contributed by atoms with Crippen LogP contribution in [-0.4, -0.2) is 30.8 Å². The molecule has 2 atom stereocenters. The van der Waals surface area contributed by atoms with E-state index in [-0.39, 0.29) is 5.92 Å². The second kappa shape index (κ2) is 4.73. The maximum absolute atomic E-state index is 11.0. The summed E-state index contributed by atoms with van der Waals surface area (Å²) >= 11 is 1.70. The zero-order valence-corrected chi connectivity index (χ0v) is 9.45. The lowest BCUT2D eigenvalue weighted by Gasteiger charge is -2.12. The molecule has 0 bridgehead atoms. The summed E-state index contributed by atoms with van der Waals surface area (Å²) in [5, 5.41) is 4.23. The number of carbonyl (C=O) groups excluding carboxylic acids is 1. The number of nitrogens with zero attached hydrogens (tertiary/aromatic N) is 1. The largest absolute Gasteiger partial charge is 0.303 e. The molecule has 80 valence electrons. The van der Waals surface area contributed by atoms with Crippen LogP contribution < -0.4 is 0 Å². The Morgan fingerprint density at radius 3 is 3.07 bits per heavy atom. The van der Waals surface area contributed by atoms with Crippen molar-refractivity contribution in [3.8, 4) is 0 Å². The minimum atomic E-state index is 0.152. The van der Waals surface area contributed by atoms with Crippen molar-refractivity contribution in [1.29, 1.82) is 0 Å². The van der Waals surface area contributed by atoms with Crippen molar-refractivity contribution >= 4 is 17.6 Å². The molecule has 0 aliphatic carbocycles. The van der Waals surface area contributed by atoms with E-state index in [9.17, 15) is 4.79 Å². The first-order valence-corrected chi connectivity index (χ1v) is 6.10. The van der Waals surface area contributed by atoms with Crippen LogP contribution in [-0.2, 0) is 4.79 Å². The molecule has 0 spiro atoms. The van der Waals surface area contributed by atoms with Crippen LogP contribution in [0.2, 0.25) is 0 Å². The van der Waals surface area contributed by atoms with E-state index in [4.69, 9.17) is 0 Å². The predicted molar refractivity (Wildman–Crippen MR) is 63.3 cm³/mol. The Morgan fingerprint density at radius 1 is 1.60 bits per heavy atom. The standard InChI is InChI=1S/C12H15NOS/c1-2-4-13-6-11(8-14)12(7-13)10-3-5-15-9-10/h2-3,5,8-9,11-12H,1,4,6-7H2. The zero-order valence-electron chi connectivity index (χ0n) is 8.63. The molecule has 0 saturated carbocycles. The summed E-state index contributed by atoms with van der Waals surface area (Å²) in [7, 11) is 0.